The van der Waals surface area contributed by atoms with Crippen LogP contribution in [0.25, 0.3) is 0 Å². The molecule has 1 N–H and O–H groups in total. The fourth-order valence-electron chi connectivity index (χ4n) is 2.94. The Hall–Kier alpha value is -1.99. The summed E-state index contributed by atoms with van der Waals surface area (Å²) in [7, 11) is -3.42. The lowest BCUT2D eigenvalue weighted by Crippen LogP contribution is -2.33. The summed E-state index contributed by atoms with van der Waals surface area (Å²) >= 11 is 1.50. The number of carbonyl (C=O) groups excluding carboxylic acids is 1. The fourth-order valence-corrected chi connectivity index (χ4v) is 4.58. The van der Waals surface area contributed by atoms with Gasteiger partial charge in [-0.3, -0.25) is 9.10 Å². The third-order valence-corrected chi connectivity index (χ3v) is 6.46. The van der Waals surface area contributed by atoms with Crippen LogP contribution in [0.5, 0.6) is 0 Å². The van der Waals surface area contributed by atoms with Crippen LogP contribution >= 0.6 is 11.8 Å². The van der Waals surface area contributed by atoms with Crippen LogP contribution in [-0.2, 0) is 14.8 Å². The van der Waals surface area contributed by atoms with Gasteiger partial charge in [0, 0.05) is 24.4 Å². The Kier molecular flexibility index (Phi) is 8.38. The lowest BCUT2D eigenvalue weighted by atomic mass is 10.0. The van der Waals surface area contributed by atoms with Crippen molar-refractivity contribution in [2.45, 2.75) is 30.6 Å². The number of carbonyl (C=O) groups is 1. The second-order valence-electron chi connectivity index (χ2n) is 6.73. The van der Waals surface area contributed by atoms with E-state index in [4.69, 9.17) is 0 Å². The molecule has 0 heterocycles. The SMILES string of the molecule is CSc1ccccc1N(CCCC(=O)NC[C@@H](C)c1ccccc1)S(C)(=O)=O. The molecule has 0 spiro atoms. The zero-order valence-corrected chi connectivity index (χ0v) is 18.2. The van der Waals surface area contributed by atoms with Crippen LogP contribution in [0.2, 0.25) is 0 Å². The van der Waals surface area contributed by atoms with Crippen molar-refractivity contribution in [3.8, 4) is 0 Å². The van der Waals surface area contributed by atoms with Gasteiger partial charge in [-0.2, -0.15) is 0 Å². The van der Waals surface area contributed by atoms with E-state index in [-0.39, 0.29) is 24.8 Å². The summed E-state index contributed by atoms with van der Waals surface area (Å²) in [4.78, 5) is 13.1. The highest BCUT2D eigenvalue weighted by molar-refractivity contribution is 7.99. The number of sulfonamides is 1. The minimum Gasteiger partial charge on any atom is -0.356 e. The van der Waals surface area contributed by atoms with Gasteiger partial charge < -0.3 is 5.32 Å². The summed E-state index contributed by atoms with van der Waals surface area (Å²) in [6, 6.07) is 17.4. The van der Waals surface area contributed by atoms with E-state index in [0.29, 0.717) is 18.7 Å². The van der Waals surface area contributed by atoms with Crippen molar-refractivity contribution in [3.05, 3.63) is 60.2 Å². The Bertz CT molecular complexity index is 870. The average Bonchev–Trinajstić information content (AvgIpc) is 2.69. The van der Waals surface area contributed by atoms with E-state index < -0.39 is 10.0 Å². The molecule has 28 heavy (non-hydrogen) atoms. The number of benzene rings is 2. The van der Waals surface area contributed by atoms with Crippen molar-refractivity contribution >= 4 is 33.4 Å². The standard InChI is InChI=1S/C21H28N2O3S2/c1-17(18-10-5-4-6-11-18)16-22-21(24)14-9-15-23(28(3,25)26)19-12-7-8-13-20(19)27-2/h4-8,10-13,17H,9,14-16H2,1-3H3,(H,22,24)/t17-/m1/s1. The largest absolute Gasteiger partial charge is 0.356 e. The van der Waals surface area contributed by atoms with Crippen LogP contribution < -0.4 is 9.62 Å². The first kappa shape index (κ1) is 22.3. The first-order valence-corrected chi connectivity index (χ1v) is 12.3. The molecule has 152 valence electrons. The summed E-state index contributed by atoms with van der Waals surface area (Å²) < 4.78 is 25.9. The Morgan fingerprint density at radius 3 is 2.39 bits per heavy atom. The van der Waals surface area contributed by atoms with E-state index in [1.807, 2.05) is 54.8 Å². The third kappa shape index (κ3) is 6.56. The van der Waals surface area contributed by atoms with Gasteiger partial charge in [0.25, 0.3) is 0 Å². The number of amides is 1. The maximum atomic E-state index is 12.3. The number of thioether (sulfide) groups is 1. The van der Waals surface area contributed by atoms with Gasteiger partial charge >= 0.3 is 0 Å². The van der Waals surface area contributed by atoms with Crippen LogP contribution in [0.15, 0.2) is 59.5 Å². The average molecular weight is 421 g/mol. The van der Waals surface area contributed by atoms with Gasteiger partial charge in [0.1, 0.15) is 0 Å². The highest BCUT2D eigenvalue weighted by Crippen LogP contribution is 2.30. The van der Waals surface area contributed by atoms with Crippen molar-refractivity contribution in [1.82, 2.24) is 5.32 Å². The summed E-state index contributed by atoms with van der Waals surface area (Å²) in [6.45, 7) is 2.91. The molecule has 0 aliphatic heterocycles. The second-order valence-corrected chi connectivity index (χ2v) is 9.48. The molecule has 2 aromatic carbocycles. The predicted octanol–water partition coefficient (Wildman–Crippen LogP) is 3.87. The van der Waals surface area contributed by atoms with Gasteiger partial charge in [-0.15, -0.1) is 11.8 Å². The number of rotatable bonds is 10. The van der Waals surface area contributed by atoms with E-state index in [2.05, 4.69) is 12.2 Å². The molecule has 0 aliphatic carbocycles. The molecule has 2 aromatic rings. The molecule has 0 aliphatic rings. The molecule has 1 atom stereocenters. The number of para-hydroxylation sites is 1. The second kappa shape index (κ2) is 10.5. The molecule has 0 radical (unpaired) electrons. The first-order chi connectivity index (χ1) is 13.3. The van der Waals surface area contributed by atoms with Crippen molar-refractivity contribution in [2.75, 3.05) is 29.9 Å². The molecule has 7 heteroatoms. The topological polar surface area (TPSA) is 66.5 Å². The zero-order chi connectivity index (χ0) is 20.6. The number of anilines is 1. The van der Waals surface area contributed by atoms with Crippen molar-refractivity contribution in [2.24, 2.45) is 0 Å². The highest BCUT2D eigenvalue weighted by atomic mass is 32.2. The first-order valence-electron chi connectivity index (χ1n) is 9.25. The summed E-state index contributed by atoms with van der Waals surface area (Å²) in [5.74, 6) is 0.167. The number of nitrogens with zero attached hydrogens (tertiary/aromatic N) is 1. The van der Waals surface area contributed by atoms with E-state index >= 15 is 0 Å². The summed E-state index contributed by atoms with van der Waals surface area (Å²) in [6.07, 6.45) is 3.86. The van der Waals surface area contributed by atoms with Crippen LogP contribution in [-0.4, -0.2) is 39.9 Å². The smallest absolute Gasteiger partial charge is 0.232 e. The fraction of sp³-hybridized carbons (Fsp3) is 0.381. The van der Waals surface area contributed by atoms with Gasteiger partial charge in [-0.25, -0.2) is 8.42 Å². The van der Waals surface area contributed by atoms with Crippen molar-refractivity contribution in [1.29, 1.82) is 0 Å². The maximum absolute atomic E-state index is 12.3. The van der Waals surface area contributed by atoms with Gasteiger partial charge in [0.15, 0.2) is 0 Å². The lowest BCUT2D eigenvalue weighted by Gasteiger charge is -2.24. The highest BCUT2D eigenvalue weighted by Gasteiger charge is 2.20. The van der Waals surface area contributed by atoms with E-state index in [1.54, 1.807) is 6.07 Å². The normalized spacial score (nSPS) is 12.4. The van der Waals surface area contributed by atoms with Crippen molar-refractivity contribution < 1.29 is 13.2 Å². The van der Waals surface area contributed by atoms with E-state index in [9.17, 15) is 13.2 Å². The molecule has 2 rings (SSSR count). The molecular formula is C21H28N2O3S2. The number of nitrogens with one attached hydrogen (secondary N) is 1. The van der Waals surface area contributed by atoms with Crippen LogP contribution in [0, 0.1) is 0 Å². The molecule has 0 saturated carbocycles. The molecule has 0 fully saturated rings. The van der Waals surface area contributed by atoms with Gasteiger partial charge in [-0.05, 0) is 36.3 Å². The van der Waals surface area contributed by atoms with E-state index in [1.165, 1.54) is 27.9 Å². The molecule has 0 unspecified atom stereocenters. The summed E-state index contributed by atoms with van der Waals surface area (Å²) in [5.41, 5.74) is 1.84. The van der Waals surface area contributed by atoms with Gasteiger partial charge in [0.05, 0.1) is 11.9 Å². The molecule has 5 nitrogen and oxygen atoms in total. The van der Waals surface area contributed by atoms with Gasteiger partial charge in [-0.1, -0.05) is 49.4 Å². The minimum atomic E-state index is -3.42. The molecule has 0 bridgehead atoms. The lowest BCUT2D eigenvalue weighted by molar-refractivity contribution is -0.121. The van der Waals surface area contributed by atoms with Crippen LogP contribution in [0.3, 0.4) is 0 Å². The number of hydrogen-bond donors (Lipinski definition) is 1. The van der Waals surface area contributed by atoms with Crippen LogP contribution in [0.4, 0.5) is 5.69 Å². The van der Waals surface area contributed by atoms with Crippen molar-refractivity contribution in [3.63, 3.8) is 0 Å². The summed E-state index contributed by atoms with van der Waals surface area (Å²) in [5, 5.41) is 2.94. The zero-order valence-electron chi connectivity index (χ0n) is 16.6. The maximum Gasteiger partial charge on any atom is 0.232 e. The van der Waals surface area contributed by atoms with Gasteiger partial charge in [0.2, 0.25) is 15.9 Å². The Morgan fingerprint density at radius 1 is 1.11 bits per heavy atom. The molecular weight excluding hydrogens is 392 g/mol. The van der Waals surface area contributed by atoms with E-state index in [0.717, 1.165) is 4.90 Å². The van der Waals surface area contributed by atoms with Crippen LogP contribution in [0.1, 0.15) is 31.2 Å². The number of hydrogen-bond acceptors (Lipinski definition) is 4. The quantitative estimate of drug-likeness (QED) is 0.593. The molecule has 1 amide bonds. The third-order valence-electron chi connectivity index (χ3n) is 4.49. The minimum absolute atomic E-state index is 0.0608. The monoisotopic (exact) mass is 420 g/mol. The molecule has 0 saturated heterocycles. The molecule has 0 aromatic heterocycles. The predicted molar refractivity (Wildman–Crippen MR) is 118 cm³/mol. The Morgan fingerprint density at radius 2 is 1.75 bits per heavy atom. The Balaban J connectivity index is 1.89. The Labute approximate surface area is 172 Å².